The summed E-state index contributed by atoms with van der Waals surface area (Å²) in [6, 6.07) is 2.87. The van der Waals surface area contributed by atoms with Crippen LogP contribution in [0.4, 0.5) is 14.5 Å². The van der Waals surface area contributed by atoms with Crippen LogP contribution in [0.3, 0.4) is 0 Å². The van der Waals surface area contributed by atoms with Gasteiger partial charge in [0.05, 0.1) is 5.69 Å². The lowest BCUT2D eigenvalue weighted by molar-refractivity contribution is 0.485. The van der Waals surface area contributed by atoms with Gasteiger partial charge >= 0.3 is 0 Å². The van der Waals surface area contributed by atoms with Gasteiger partial charge in [0.1, 0.15) is 0 Å². The highest BCUT2D eigenvalue weighted by Gasteiger charge is 2.21. The number of fused-ring (bicyclic) bond motifs is 1. The summed E-state index contributed by atoms with van der Waals surface area (Å²) in [6.45, 7) is 2.85. The van der Waals surface area contributed by atoms with Crippen LogP contribution in [-0.4, -0.2) is 6.54 Å². The maximum Gasteiger partial charge on any atom is 0.182 e. The Morgan fingerprint density at radius 3 is 2.93 bits per heavy atom. The van der Waals surface area contributed by atoms with Crippen LogP contribution in [0.15, 0.2) is 12.1 Å². The minimum Gasteiger partial charge on any atom is -0.382 e. The second-order valence-electron chi connectivity index (χ2n) is 3.75. The van der Waals surface area contributed by atoms with Crippen molar-refractivity contribution in [2.45, 2.75) is 19.8 Å². The van der Waals surface area contributed by atoms with Gasteiger partial charge in [-0.25, -0.2) is 8.78 Å². The topological polar surface area (TPSA) is 12.0 Å². The van der Waals surface area contributed by atoms with E-state index in [2.05, 4.69) is 12.2 Å². The van der Waals surface area contributed by atoms with Gasteiger partial charge in [0, 0.05) is 6.54 Å². The van der Waals surface area contributed by atoms with Crippen molar-refractivity contribution in [2.24, 2.45) is 5.92 Å². The molecule has 14 heavy (non-hydrogen) atoms. The molecule has 1 aromatic rings. The number of halogens is 2. The molecule has 0 bridgehead atoms. The fourth-order valence-corrected chi connectivity index (χ4v) is 1.87. The molecule has 0 fully saturated rings. The largest absolute Gasteiger partial charge is 0.382 e. The first-order chi connectivity index (χ1) is 6.72. The average molecular weight is 197 g/mol. The summed E-state index contributed by atoms with van der Waals surface area (Å²) < 4.78 is 26.1. The zero-order valence-electron chi connectivity index (χ0n) is 8.11. The number of anilines is 1. The molecule has 1 unspecified atom stereocenters. The van der Waals surface area contributed by atoms with Gasteiger partial charge in [-0.05, 0) is 24.0 Å². The Morgan fingerprint density at radius 1 is 1.43 bits per heavy atom. The van der Waals surface area contributed by atoms with E-state index in [1.807, 2.05) is 0 Å². The van der Waals surface area contributed by atoms with Crippen molar-refractivity contribution in [1.29, 1.82) is 0 Å². The standard InChI is InChI=1S/C11H13F2N/c1-2-7-5-8-3-4-9(12)10(13)11(8)14-6-7/h3-4,7,14H,2,5-6H2,1H3. The normalized spacial score (nSPS) is 20.1. The number of benzene rings is 1. The maximum absolute atomic E-state index is 13.3. The third kappa shape index (κ3) is 1.47. The van der Waals surface area contributed by atoms with E-state index in [0.717, 1.165) is 24.9 Å². The summed E-state index contributed by atoms with van der Waals surface area (Å²) in [4.78, 5) is 0. The van der Waals surface area contributed by atoms with Gasteiger partial charge in [0.15, 0.2) is 11.6 Å². The van der Waals surface area contributed by atoms with Gasteiger partial charge in [-0.3, -0.25) is 0 Å². The molecule has 0 saturated carbocycles. The summed E-state index contributed by atoms with van der Waals surface area (Å²) in [6.07, 6.45) is 1.90. The van der Waals surface area contributed by atoms with Gasteiger partial charge in [-0.2, -0.15) is 0 Å². The molecule has 2 rings (SSSR count). The smallest absolute Gasteiger partial charge is 0.182 e. The van der Waals surface area contributed by atoms with Gasteiger partial charge in [0.25, 0.3) is 0 Å². The van der Waals surface area contributed by atoms with Crippen molar-refractivity contribution in [3.05, 3.63) is 29.3 Å². The molecular formula is C11H13F2N. The van der Waals surface area contributed by atoms with E-state index in [-0.39, 0.29) is 0 Å². The molecule has 0 aromatic heterocycles. The van der Waals surface area contributed by atoms with Crippen LogP contribution in [0, 0.1) is 17.6 Å². The average Bonchev–Trinajstić information content (AvgIpc) is 2.23. The van der Waals surface area contributed by atoms with Gasteiger partial charge in [-0.1, -0.05) is 19.4 Å². The molecule has 0 saturated heterocycles. The first kappa shape index (κ1) is 9.44. The fraction of sp³-hybridized carbons (Fsp3) is 0.455. The van der Waals surface area contributed by atoms with Gasteiger partial charge in [0.2, 0.25) is 0 Å². The summed E-state index contributed by atoms with van der Waals surface area (Å²) >= 11 is 0. The molecule has 1 heterocycles. The Labute approximate surface area is 82.1 Å². The molecule has 1 atom stereocenters. The molecule has 0 spiro atoms. The fourth-order valence-electron chi connectivity index (χ4n) is 1.87. The van der Waals surface area contributed by atoms with E-state index in [1.165, 1.54) is 6.07 Å². The predicted octanol–water partition coefficient (Wildman–Crippen LogP) is 2.96. The first-order valence-corrected chi connectivity index (χ1v) is 4.93. The third-order valence-corrected chi connectivity index (χ3v) is 2.83. The zero-order chi connectivity index (χ0) is 10.1. The van der Waals surface area contributed by atoms with E-state index in [4.69, 9.17) is 0 Å². The maximum atomic E-state index is 13.3. The predicted molar refractivity (Wildman–Crippen MR) is 52.3 cm³/mol. The van der Waals surface area contributed by atoms with E-state index >= 15 is 0 Å². The molecule has 0 amide bonds. The molecule has 1 nitrogen and oxygen atoms in total. The van der Waals surface area contributed by atoms with Crippen molar-refractivity contribution < 1.29 is 8.78 Å². The van der Waals surface area contributed by atoms with Crippen molar-refractivity contribution in [1.82, 2.24) is 0 Å². The van der Waals surface area contributed by atoms with Crippen molar-refractivity contribution in [2.75, 3.05) is 11.9 Å². The molecule has 1 aliphatic rings. The number of hydrogen-bond acceptors (Lipinski definition) is 1. The van der Waals surface area contributed by atoms with Crippen molar-refractivity contribution in [3.8, 4) is 0 Å². The highest BCUT2D eigenvalue weighted by molar-refractivity contribution is 5.54. The minimum atomic E-state index is -0.772. The zero-order valence-corrected chi connectivity index (χ0v) is 8.11. The second kappa shape index (κ2) is 3.56. The molecular weight excluding hydrogens is 184 g/mol. The lowest BCUT2D eigenvalue weighted by Gasteiger charge is -2.25. The highest BCUT2D eigenvalue weighted by atomic mass is 19.2. The van der Waals surface area contributed by atoms with Crippen LogP contribution >= 0.6 is 0 Å². The minimum absolute atomic E-state index is 0.356. The number of hydrogen-bond donors (Lipinski definition) is 1. The lowest BCUT2D eigenvalue weighted by Crippen LogP contribution is -2.23. The van der Waals surface area contributed by atoms with E-state index in [0.29, 0.717) is 11.6 Å². The van der Waals surface area contributed by atoms with Crippen LogP contribution in [0.25, 0.3) is 0 Å². The monoisotopic (exact) mass is 197 g/mol. The number of rotatable bonds is 1. The van der Waals surface area contributed by atoms with Crippen molar-refractivity contribution >= 4 is 5.69 Å². The molecule has 0 radical (unpaired) electrons. The van der Waals surface area contributed by atoms with Gasteiger partial charge in [-0.15, -0.1) is 0 Å². The Balaban J connectivity index is 2.36. The Kier molecular flexibility index (Phi) is 2.40. The van der Waals surface area contributed by atoms with Crippen molar-refractivity contribution in [3.63, 3.8) is 0 Å². The van der Waals surface area contributed by atoms with Crippen LogP contribution in [0.5, 0.6) is 0 Å². The first-order valence-electron chi connectivity index (χ1n) is 4.93. The SMILES string of the molecule is CCC1CNc2c(ccc(F)c2F)C1. The Hall–Kier alpha value is -1.12. The quantitative estimate of drug-likeness (QED) is 0.729. The third-order valence-electron chi connectivity index (χ3n) is 2.83. The molecule has 0 aliphatic carbocycles. The number of nitrogens with one attached hydrogen (secondary N) is 1. The summed E-state index contributed by atoms with van der Waals surface area (Å²) in [5.74, 6) is -0.976. The molecule has 3 heteroatoms. The van der Waals surface area contributed by atoms with Crippen LogP contribution in [-0.2, 0) is 6.42 Å². The Morgan fingerprint density at radius 2 is 2.21 bits per heavy atom. The Bertz CT molecular complexity index is 349. The van der Waals surface area contributed by atoms with Gasteiger partial charge < -0.3 is 5.32 Å². The molecule has 1 N–H and O–H groups in total. The van der Waals surface area contributed by atoms with Crippen LogP contribution < -0.4 is 5.32 Å². The van der Waals surface area contributed by atoms with E-state index < -0.39 is 11.6 Å². The highest BCUT2D eigenvalue weighted by Crippen LogP contribution is 2.29. The van der Waals surface area contributed by atoms with E-state index in [9.17, 15) is 8.78 Å². The lowest BCUT2D eigenvalue weighted by atomic mass is 9.92. The molecule has 1 aromatic carbocycles. The second-order valence-corrected chi connectivity index (χ2v) is 3.75. The molecule has 76 valence electrons. The van der Waals surface area contributed by atoms with Crippen LogP contribution in [0.1, 0.15) is 18.9 Å². The summed E-state index contributed by atoms with van der Waals surface area (Å²) in [7, 11) is 0. The summed E-state index contributed by atoms with van der Waals surface area (Å²) in [5, 5.41) is 2.96. The summed E-state index contributed by atoms with van der Waals surface area (Å²) in [5.41, 5.74) is 1.25. The van der Waals surface area contributed by atoms with Crippen LogP contribution in [0.2, 0.25) is 0 Å². The molecule has 1 aliphatic heterocycles. The van der Waals surface area contributed by atoms with E-state index in [1.54, 1.807) is 6.07 Å².